The summed E-state index contributed by atoms with van der Waals surface area (Å²) in [6.07, 6.45) is 0. The molecular formula is C14H20N2OS2. The number of hydrogen-bond acceptors (Lipinski definition) is 3. The summed E-state index contributed by atoms with van der Waals surface area (Å²) < 4.78 is 0.782. The fourth-order valence-electron chi connectivity index (χ4n) is 1.53. The first-order chi connectivity index (χ1) is 9.06. The van der Waals surface area contributed by atoms with Crippen molar-refractivity contribution in [2.45, 2.75) is 20.8 Å². The van der Waals surface area contributed by atoms with Crippen LogP contribution in [0.2, 0.25) is 0 Å². The van der Waals surface area contributed by atoms with Crippen LogP contribution in [0.3, 0.4) is 0 Å². The van der Waals surface area contributed by atoms with Gasteiger partial charge in [0.15, 0.2) is 0 Å². The highest BCUT2D eigenvalue weighted by molar-refractivity contribution is 8.23. The van der Waals surface area contributed by atoms with E-state index in [2.05, 4.69) is 24.1 Å². The molecule has 0 bridgehead atoms. The van der Waals surface area contributed by atoms with Crippen molar-refractivity contribution in [2.75, 3.05) is 24.2 Å². The van der Waals surface area contributed by atoms with Crippen LogP contribution in [0.25, 0.3) is 0 Å². The first-order valence-electron chi connectivity index (χ1n) is 6.35. The molecule has 0 aliphatic carbocycles. The number of amides is 1. The molecule has 0 saturated carbocycles. The molecule has 1 rings (SSSR count). The molecule has 0 atom stereocenters. The Morgan fingerprint density at radius 3 is 2.37 bits per heavy atom. The van der Waals surface area contributed by atoms with Crippen LogP contribution in [-0.4, -0.2) is 34.0 Å². The van der Waals surface area contributed by atoms with E-state index in [0.29, 0.717) is 5.75 Å². The maximum absolute atomic E-state index is 11.8. The zero-order valence-corrected chi connectivity index (χ0v) is 13.2. The molecule has 1 aromatic carbocycles. The maximum atomic E-state index is 11.8. The van der Waals surface area contributed by atoms with E-state index in [-0.39, 0.29) is 5.91 Å². The van der Waals surface area contributed by atoms with Gasteiger partial charge in [-0.05, 0) is 32.9 Å². The van der Waals surface area contributed by atoms with Crippen LogP contribution in [0.15, 0.2) is 24.3 Å². The molecule has 0 saturated heterocycles. The van der Waals surface area contributed by atoms with Crippen molar-refractivity contribution in [3.63, 3.8) is 0 Å². The summed E-state index contributed by atoms with van der Waals surface area (Å²) in [4.78, 5) is 13.9. The summed E-state index contributed by atoms with van der Waals surface area (Å²) >= 11 is 6.69. The fraction of sp³-hybridized carbons (Fsp3) is 0.429. The Labute approximate surface area is 124 Å². The monoisotopic (exact) mass is 296 g/mol. The Balaban J connectivity index is 2.39. The van der Waals surface area contributed by atoms with Gasteiger partial charge in [-0.15, -0.1) is 0 Å². The van der Waals surface area contributed by atoms with Crippen molar-refractivity contribution in [3.8, 4) is 0 Å². The number of carbonyl (C=O) groups is 1. The molecule has 3 nitrogen and oxygen atoms in total. The van der Waals surface area contributed by atoms with Crippen molar-refractivity contribution < 1.29 is 4.79 Å². The molecule has 0 heterocycles. The van der Waals surface area contributed by atoms with E-state index in [1.165, 1.54) is 17.3 Å². The van der Waals surface area contributed by atoms with Gasteiger partial charge in [0, 0.05) is 18.8 Å². The summed E-state index contributed by atoms with van der Waals surface area (Å²) in [5.74, 6) is 0.326. The van der Waals surface area contributed by atoms with E-state index in [0.717, 1.165) is 23.1 Å². The molecule has 0 aliphatic heterocycles. The number of rotatable bonds is 5. The first kappa shape index (κ1) is 16.0. The van der Waals surface area contributed by atoms with Gasteiger partial charge in [0.1, 0.15) is 4.32 Å². The molecule has 1 N–H and O–H groups in total. The zero-order valence-electron chi connectivity index (χ0n) is 11.6. The number of carbonyl (C=O) groups excluding carboxylic acids is 1. The number of thioether (sulfide) groups is 1. The number of benzene rings is 1. The van der Waals surface area contributed by atoms with Crippen LogP contribution in [0.1, 0.15) is 19.4 Å². The quantitative estimate of drug-likeness (QED) is 0.845. The minimum Gasteiger partial charge on any atom is -0.358 e. The number of hydrogen-bond donors (Lipinski definition) is 1. The molecule has 104 valence electrons. The first-order valence-corrected chi connectivity index (χ1v) is 7.74. The standard InChI is InChI=1S/C14H20N2OS2/c1-4-16(5-2)14(18)19-10-13(17)15-12-8-6-11(3)7-9-12/h6-9H,4-5,10H2,1-3H3,(H,15,17). The van der Waals surface area contributed by atoms with Crippen LogP contribution < -0.4 is 5.32 Å². The lowest BCUT2D eigenvalue weighted by Gasteiger charge is -2.20. The normalized spacial score (nSPS) is 10.1. The molecule has 19 heavy (non-hydrogen) atoms. The van der Waals surface area contributed by atoms with E-state index >= 15 is 0 Å². The number of nitrogens with zero attached hydrogens (tertiary/aromatic N) is 1. The van der Waals surface area contributed by atoms with Gasteiger partial charge in [0.2, 0.25) is 5.91 Å². The Kier molecular flexibility index (Phi) is 6.87. The second-order valence-corrected chi connectivity index (χ2v) is 5.75. The summed E-state index contributed by atoms with van der Waals surface area (Å²) in [5, 5.41) is 2.86. The number of thiocarbonyl (C=S) groups is 1. The molecule has 0 fully saturated rings. The highest BCUT2D eigenvalue weighted by Crippen LogP contribution is 2.12. The molecule has 0 aliphatic rings. The number of aryl methyl sites for hydroxylation is 1. The van der Waals surface area contributed by atoms with E-state index in [1.54, 1.807) is 0 Å². The molecule has 0 spiro atoms. The second kappa shape index (κ2) is 8.17. The van der Waals surface area contributed by atoms with Crippen molar-refractivity contribution >= 4 is 39.9 Å². The Bertz CT molecular complexity index is 428. The van der Waals surface area contributed by atoms with Crippen LogP contribution in [0.4, 0.5) is 5.69 Å². The van der Waals surface area contributed by atoms with Crippen LogP contribution in [0.5, 0.6) is 0 Å². The molecule has 1 aromatic rings. The van der Waals surface area contributed by atoms with Gasteiger partial charge < -0.3 is 10.2 Å². The van der Waals surface area contributed by atoms with Gasteiger partial charge in [0.25, 0.3) is 0 Å². The summed E-state index contributed by atoms with van der Waals surface area (Å²) in [6.45, 7) is 7.89. The maximum Gasteiger partial charge on any atom is 0.234 e. The minimum atomic E-state index is -0.0247. The molecule has 0 unspecified atom stereocenters. The third-order valence-corrected chi connectivity index (χ3v) is 4.21. The topological polar surface area (TPSA) is 32.3 Å². The van der Waals surface area contributed by atoms with Gasteiger partial charge >= 0.3 is 0 Å². The zero-order chi connectivity index (χ0) is 14.3. The fourth-order valence-corrected chi connectivity index (χ4v) is 2.74. The highest BCUT2D eigenvalue weighted by Gasteiger charge is 2.09. The average Bonchev–Trinajstić information content (AvgIpc) is 2.40. The van der Waals surface area contributed by atoms with E-state index in [4.69, 9.17) is 12.2 Å². The van der Waals surface area contributed by atoms with E-state index in [9.17, 15) is 4.79 Å². The van der Waals surface area contributed by atoms with Crippen LogP contribution in [-0.2, 0) is 4.79 Å². The second-order valence-electron chi connectivity index (χ2n) is 4.14. The molecule has 5 heteroatoms. The smallest absolute Gasteiger partial charge is 0.234 e. The average molecular weight is 296 g/mol. The van der Waals surface area contributed by atoms with Crippen LogP contribution >= 0.6 is 24.0 Å². The SMILES string of the molecule is CCN(CC)C(=S)SCC(=O)Nc1ccc(C)cc1. The van der Waals surface area contributed by atoms with E-state index in [1.807, 2.05) is 31.2 Å². The molecule has 1 amide bonds. The molecular weight excluding hydrogens is 276 g/mol. The van der Waals surface area contributed by atoms with Gasteiger partial charge in [0.05, 0.1) is 5.75 Å². The highest BCUT2D eigenvalue weighted by atomic mass is 32.2. The van der Waals surface area contributed by atoms with Crippen molar-refractivity contribution in [3.05, 3.63) is 29.8 Å². The summed E-state index contributed by atoms with van der Waals surface area (Å²) in [5.41, 5.74) is 2.00. The Morgan fingerprint density at radius 1 is 1.26 bits per heavy atom. The van der Waals surface area contributed by atoms with Crippen molar-refractivity contribution in [2.24, 2.45) is 0 Å². The van der Waals surface area contributed by atoms with Gasteiger partial charge in [-0.25, -0.2) is 0 Å². The predicted octanol–water partition coefficient (Wildman–Crippen LogP) is 3.29. The third-order valence-electron chi connectivity index (χ3n) is 2.68. The van der Waals surface area contributed by atoms with Crippen LogP contribution in [0, 0.1) is 6.92 Å². The Morgan fingerprint density at radius 2 is 1.84 bits per heavy atom. The third kappa shape index (κ3) is 5.61. The number of nitrogens with one attached hydrogen (secondary N) is 1. The van der Waals surface area contributed by atoms with Crippen molar-refractivity contribution in [1.82, 2.24) is 4.90 Å². The lowest BCUT2D eigenvalue weighted by atomic mass is 10.2. The largest absolute Gasteiger partial charge is 0.358 e. The lowest BCUT2D eigenvalue weighted by molar-refractivity contribution is -0.113. The molecule has 0 radical (unpaired) electrons. The van der Waals surface area contributed by atoms with Gasteiger partial charge in [-0.2, -0.15) is 0 Å². The molecule has 0 aromatic heterocycles. The summed E-state index contributed by atoms with van der Waals surface area (Å²) in [7, 11) is 0. The summed E-state index contributed by atoms with van der Waals surface area (Å²) in [6, 6.07) is 7.76. The Hall–Kier alpha value is -1.07. The van der Waals surface area contributed by atoms with Crippen molar-refractivity contribution in [1.29, 1.82) is 0 Å². The minimum absolute atomic E-state index is 0.0247. The predicted molar refractivity (Wildman–Crippen MR) is 87.8 cm³/mol. The van der Waals surface area contributed by atoms with E-state index < -0.39 is 0 Å². The number of anilines is 1. The lowest BCUT2D eigenvalue weighted by Crippen LogP contribution is -2.28. The van der Waals surface area contributed by atoms with Gasteiger partial charge in [-0.1, -0.05) is 41.7 Å². The van der Waals surface area contributed by atoms with Gasteiger partial charge in [-0.3, -0.25) is 4.79 Å².